The summed E-state index contributed by atoms with van der Waals surface area (Å²) in [7, 11) is 0. The van der Waals surface area contributed by atoms with Crippen molar-refractivity contribution in [3.05, 3.63) is 70.2 Å². The van der Waals surface area contributed by atoms with Gasteiger partial charge in [-0.3, -0.25) is 14.4 Å². The van der Waals surface area contributed by atoms with Crippen molar-refractivity contribution < 1.29 is 32.0 Å². The maximum Gasteiger partial charge on any atom is 0.291 e. The van der Waals surface area contributed by atoms with E-state index in [4.69, 9.17) is 4.42 Å². The number of carbonyl (C=O) groups is 3. The van der Waals surface area contributed by atoms with Crippen LogP contribution < -0.4 is 16.0 Å². The van der Waals surface area contributed by atoms with Crippen molar-refractivity contribution in [2.45, 2.75) is 6.92 Å². The highest BCUT2D eigenvalue weighted by Gasteiger charge is 2.18. The van der Waals surface area contributed by atoms with E-state index in [9.17, 15) is 27.6 Å². The van der Waals surface area contributed by atoms with Crippen molar-refractivity contribution in [1.82, 2.24) is 5.32 Å². The molecule has 30 heavy (non-hydrogen) atoms. The zero-order chi connectivity index (χ0) is 21.8. The highest BCUT2D eigenvalue weighted by Crippen LogP contribution is 2.27. The number of halogens is 3. The lowest BCUT2D eigenvalue weighted by Crippen LogP contribution is -2.33. The standard InChI is InChI=1S/C19H14F3N3O4S/c1-9-7-14(25-18(27)12-3-2-6-29-12)30-17(9)19(28)23-8-13(26)24-11-5-4-10(20)15(21)16(11)22/h2-7H,8H2,1H3,(H,23,28)(H,24,26)(H,25,27). The highest BCUT2D eigenvalue weighted by molar-refractivity contribution is 7.18. The summed E-state index contributed by atoms with van der Waals surface area (Å²) in [6.07, 6.45) is 1.35. The average Bonchev–Trinajstić information content (AvgIpc) is 3.36. The first-order valence-corrected chi connectivity index (χ1v) is 9.24. The molecule has 0 spiro atoms. The van der Waals surface area contributed by atoms with Crippen LogP contribution in [0.25, 0.3) is 0 Å². The van der Waals surface area contributed by atoms with Crippen molar-refractivity contribution in [2.75, 3.05) is 17.2 Å². The molecule has 2 aromatic heterocycles. The minimum atomic E-state index is -1.71. The monoisotopic (exact) mass is 437 g/mol. The van der Waals surface area contributed by atoms with E-state index in [0.717, 1.165) is 17.4 Å². The summed E-state index contributed by atoms with van der Waals surface area (Å²) in [5, 5.41) is 7.37. The number of amides is 3. The van der Waals surface area contributed by atoms with Crippen LogP contribution in [0.2, 0.25) is 0 Å². The van der Waals surface area contributed by atoms with Gasteiger partial charge in [0.25, 0.3) is 11.8 Å². The molecule has 0 aliphatic rings. The minimum Gasteiger partial charge on any atom is -0.459 e. The van der Waals surface area contributed by atoms with Gasteiger partial charge in [-0.2, -0.15) is 0 Å². The molecule has 7 nitrogen and oxygen atoms in total. The van der Waals surface area contributed by atoms with Crippen LogP contribution in [-0.2, 0) is 4.79 Å². The zero-order valence-electron chi connectivity index (χ0n) is 15.3. The summed E-state index contributed by atoms with van der Waals surface area (Å²) in [5.41, 5.74) is 0.00248. The SMILES string of the molecule is Cc1cc(NC(=O)c2ccco2)sc1C(=O)NCC(=O)Nc1ccc(F)c(F)c1F. The number of benzene rings is 1. The quantitative estimate of drug-likeness (QED) is 0.512. The molecule has 0 unspecified atom stereocenters. The molecule has 3 rings (SSSR count). The topological polar surface area (TPSA) is 100 Å². The van der Waals surface area contributed by atoms with Crippen molar-refractivity contribution in [2.24, 2.45) is 0 Å². The summed E-state index contributed by atoms with van der Waals surface area (Å²) in [6, 6.07) is 6.16. The van der Waals surface area contributed by atoms with Crippen molar-refractivity contribution in [3.63, 3.8) is 0 Å². The van der Waals surface area contributed by atoms with E-state index >= 15 is 0 Å². The molecule has 156 valence electrons. The lowest BCUT2D eigenvalue weighted by Gasteiger charge is -2.08. The fourth-order valence-corrected chi connectivity index (χ4v) is 3.39. The molecule has 0 fully saturated rings. The number of anilines is 2. The van der Waals surface area contributed by atoms with Crippen LogP contribution in [0, 0.1) is 24.4 Å². The Morgan fingerprint density at radius 3 is 2.50 bits per heavy atom. The third kappa shape index (κ3) is 4.69. The van der Waals surface area contributed by atoms with Crippen LogP contribution in [0.15, 0.2) is 41.0 Å². The lowest BCUT2D eigenvalue weighted by molar-refractivity contribution is -0.115. The Labute approximate surface area is 171 Å². The second-order valence-corrected chi connectivity index (χ2v) is 7.06. The Bertz CT molecular complexity index is 1110. The molecule has 11 heteroatoms. The number of thiophene rings is 1. The third-order valence-corrected chi connectivity index (χ3v) is 4.98. The lowest BCUT2D eigenvalue weighted by atomic mass is 10.2. The van der Waals surface area contributed by atoms with Crippen LogP contribution in [0.4, 0.5) is 23.9 Å². The summed E-state index contributed by atoms with van der Waals surface area (Å²) in [5.74, 6) is -6.46. The van der Waals surface area contributed by atoms with Crippen LogP contribution in [-0.4, -0.2) is 24.3 Å². The highest BCUT2D eigenvalue weighted by atomic mass is 32.1. The average molecular weight is 437 g/mol. The first-order chi connectivity index (χ1) is 14.3. The number of hydrogen-bond donors (Lipinski definition) is 3. The van der Waals surface area contributed by atoms with Crippen molar-refractivity contribution >= 4 is 39.7 Å². The van der Waals surface area contributed by atoms with Crippen LogP contribution in [0.1, 0.15) is 25.8 Å². The second-order valence-electron chi connectivity index (χ2n) is 6.01. The van der Waals surface area contributed by atoms with E-state index in [1.54, 1.807) is 19.1 Å². The largest absolute Gasteiger partial charge is 0.459 e. The molecule has 3 N–H and O–H groups in total. The number of nitrogens with one attached hydrogen (secondary N) is 3. The molecule has 0 aliphatic heterocycles. The first kappa shape index (κ1) is 21.1. The summed E-state index contributed by atoms with van der Waals surface area (Å²) in [6.45, 7) is 1.10. The molecule has 3 amide bonds. The number of aryl methyl sites for hydroxylation is 1. The van der Waals surface area contributed by atoms with E-state index in [0.29, 0.717) is 16.6 Å². The summed E-state index contributed by atoms with van der Waals surface area (Å²) >= 11 is 0.986. The van der Waals surface area contributed by atoms with Gasteiger partial charge in [0.2, 0.25) is 5.91 Å². The molecule has 0 radical (unpaired) electrons. The second kappa shape index (κ2) is 8.82. The van der Waals surface area contributed by atoms with Crippen LogP contribution in [0.3, 0.4) is 0 Å². The smallest absolute Gasteiger partial charge is 0.291 e. The third-order valence-electron chi connectivity index (χ3n) is 3.82. The zero-order valence-corrected chi connectivity index (χ0v) is 16.2. The van der Waals surface area contributed by atoms with Gasteiger partial charge >= 0.3 is 0 Å². The fraction of sp³-hybridized carbons (Fsp3) is 0.105. The Morgan fingerprint density at radius 1 is 1.03 bits per heavy atom. The van der Waals surface area contributed by atoms with E-state index < -0.39 is 47.4 Å². The van der Waals surface area contributed by atoms with E-state index in [-0.39, 0.29) is 10.6 Å². The maximum absolute atomic E-state index is 13.6. The van der Waals surface area contributed by atoms with Gasteiger partial charge < -0.3 is 20.4 Å². The van der Waals surface area contributed by atoms with Gasteiger partial charge in [0.15, 0.2) is 23.2 Å². The van der Waals surface area contributed by atoms with Gasteiger partial charge in [-0.05, 0) is 42.8 Å². The maximum atomic E-state index is 13.6. The Balaban J connectivity index is 1.58. The van der Waals surface area contributed by atoms with Gasteiger partial charge in [-0.25, -0.2) is 13.2 Å². The molecule has 0 atom stereocenters. The van der Waals surface area contributed by atoms with E-state index in [1.165, 1.54) is 12.3 Å². The molecule has 0 saturated carbocycles. The first-order valence-electron chi connectivity index (χ1n) is 8.43. The van der Waals surface area contributed by atoms with Gasteiger partial charge in [0, 0.05) is 0 Å². The molecular weight excluding hydrogens is 423 g/mol. The van der Waals surface area contributed by atoms with Crippen molar-refractivity contribution in [3.8, 4) is 0 Å². The molecule has 0 bridgehead atoms. The summed E-state index contributed by atoms with van der Waals surface area (Å²) < 4.78 is 44.7. The number of rotatable bonds is 6. The van der Waals surface area contributed by atoms with E-state index in [2.05, 4.69) is 10.6 Å². The Morgan fingerprint density at radius 2 is 1.80 bits per heavy atom. The Kier molecular flexibility index (Phi) is 6.21. The molecule has 0 saturated heterocycles. The molecule has 1 aromatic carbocycles. The van der Waals surface area contributed by atoms with Gasteiger partial charge in [0.05, 0.1) is 28.4 Å². The van der Waals surface area contributed by atoms with Crippen LogP contribution >= 0.6 is 11.3 Å². The van der Waals surface area contributed by atoms with Gasteiger partial charge in [-0.15, -0.1) is 11.3 Å². The Hall–Kier alpha value is -3.60. The van der Waals surface area contributed by atoms with Gasteiger partial charge in [0.1, 0.15) is 0 Å². The number of furan rings is 1. The fourth-order valence-electron chi connectivity index (χ4n) is 2.41. The number of carbonyl (C=O) groups excluding carboxylic acids is 3. The van der Waals surface area contributed by atoms with Gasteiger partial charge in [-0.1, -0.05) is 0 Å². The van der Waals surface area contributed by atoms with Crippen LogP contribution in [0.5, 0.6) is 0 Å². The number of hydrogen-bond acceptors (Lipinski definition) is 5. The predicted octanol–water partition coefficient (Wildman–Crippen LogP) is 3.69. The normalized spacial score (nSPS) is 10.5. The van der Waals surface area contributed by atoms with E-state index in [1.807, 2.05) is 5.32 Å². The van der Waals surface area contributed by atoms with Crippen molar-refractivity contribution in [1.29, 1.82) is 0 Å². The molecular formula is C19H14F3N3O4S. The minimum absolute atomic E-state index is 0.105. The molecule has 0 aliphatic carbocycles. The molecule has 3 aromatic rings. The molecule has 2 heterocycles. The predicted molar refractivity (Wildman–Crippen MR) is 103 cm³/mol. The summed E-state index contributed by atoms with van der Waals surface area (Å²) in [4.78, 5) is 36.5.